The Morgan fingerprint density at radius 3 is 2.88 bits per heavy atom. The van der Waals surface area contributed by atoms with E-state index in [0.29, 0.717) is 12.3 Å². The molecule has 1 aromatic heterocycles. The van der Waals surface area contributed by atoms with Crippen molar-refractivity contribution in [2.45, 2.75) is 46.3 Å². The van der Waals surface area contributed by atoms with E-state index >= 15 is 0 Å². The first kappa shape index (κ1) is 14.5. The summed E-state index contributed by atoms with van der Waals surface area (Å²) in [7, 11) is 0. The highest BCUT2D eigenvalue weighted by atomic mass is 32.2. The Labute approximate surface area is 108 Å². The van der Waals surface area contributed by atoms with Crippen LogP contribution in [0.4, 0.5) is 0 Å². The summed E-state index contributed by atoms with van der Waals surface area (Å²) in [6.07, 6.45) is 3.01. The molecule has 4 nitrogen and oxygen atoms in total. The maximum Gasteiger partial charge on any atom is 0.138 e. The van der Waals surface area contributed by atoms with Crippen molar-refractivity contribution in [3.8, 4) is 0 Å². The summed E-state index contributed by atoms with van der Waals surface area (Å²) in [5, 5.41) is 14.1. The van der Waals surface area contributed by atoms with Crippen molar-refractivity contribution >= 4 is 11.8 Å². The third kappa shape index (κ3) is 5.55. The van der Waals surface area contributed by atoms with E-state index in [0.717, 1.165) is 30.3 Å². The molecule has 0 saturated heterocycles. The molecule has 0 aliphatic carbocycles. The average molecular weight is 257 g/mol. The van der Waals surface area contributed by atoms with Gasteiger partial charge in [0.05, 0.1) is 6.10 Å². The second kappa shape index (κ2) is 7.71. The molecule has 0 radical (unpaired) electrons. The Balaban J connectivity index is 2.41. The van der Waals surface area contributed by atoms with Crippen LogP contribution in [0.3, 0.4) is 0 Å². The van der Waals surface area contributed by atoms with Crippen LogP contribution in [0.2, 0.25) is 0 Å². The largest absolute Gasteiger partial charge is 0.392 e. The van der Waals surface area contributed by atoms with Gasteiger partial charge in [0, 0.05) is 18.7 Å². The minimum atomic E-state index is -0.318. The lowest BCUT2D eigenvalue weighted by atomic mass is 10.2. The SMILES string of the molecule is CCCSCC(O)Cc1ncnn1CC(C)C. The van der Waals surface area contributed by atoms with Crippen molar-refractivity contribution in [3.63, 3.8) is 0 Å². The lowest BCUT2D eigenvalue weighted by Gasteiger charge is -2.12. The second-order valence-electron chi connectivity index (χ2n) is 4.69. The lowest BCUT2D eigenvalue weighted by Crippen LogP contribution is -2.19. The standard InChI is InChI=1S/C12H23N3OS/c1-4-5-17-8-11(16)6-12-13-9-14-15(12)7-10(2)3/h9-11,16H,4-8H2,1-3H3. The molecule has 1 heterocycles. The third-order valence-corrected chi connectivity index (χ3v) is 3.63. The molecule has 0 saturated carbocycles. The summed E-state index contributed by atoms with van der Waals surface area (Å²) in [6, 6.07) is 0. The zero-order valence-corrected chi connectivity index (χ0v) is 11.8. The molecule has 0 aromatic carbocycles. The fourth-order valence-corrected chi connectivity index (χ4v) is 2.42. The normalized spacial score (nSPS) is 13.2. The van der Waals surface area contributed by atoms with Crippen LogP contribution in [0.1, 0.15) is 33.0 Å². The first-order valence-corrected chi connectivity index (χ1v) is 7.41. The van der Waals surface area contributed by atoms with Gasteiger partial charge in [0.15, 0.2) is 0 Å². The van der Waals surface area contributed by atoms with Gasteiger partial charge in [-0.05, 0) is 18.1 Å². The van der Waals surface area contributed by atoms with Crippen molar-refractivity contribution in [2.75, 3.05) is 11.5 Å². The van der Waals surface area contributed by atoms with E-state index < -0.39 is 0 Å². The zero-order valence-electron chi connectivity index (χ0n) is 11.0. The van der Waals surface area contributed by atoms with Crippen LogP contribution in [0.25, 0.3) is 0 Å². The predicted molar refractivity (Wildman–Crippen MR) is 72.2 cm³/mol. The van der Waals surface area contributed by atoms with E-state index in [9.17, 15) is 5.11 Å². The molecule has 0 amide bonds. The van der Waals surface area contributed by atoms with Crippen molar-refractivity contribution in [2.24, 2.45) is 5.92 Å². The van der Waals surface area contributed by atoms with Gasteiger partial charge in [-0.15, -0.1) is 0 Å². The minimum absolute atomic E-state index is 0.318. The molecule has 0 aliphatic rings. The van der Waals surface area contributed by atoms with Gasteiger partial charge in [0.1, 0.15) is 12.2 Å². The molecule has 1 atom stereocenters. The Hall–Kier alpha value is -0.550. The zero-order chi connectivity index (χ0) is 12.7. The van der Waals surface area contributed by atoms with E-state index in [1.807, 2.05) is 4.68 Å². The highest BCUT2D eigenvalue weighted by Gasteiger charge is 2.11. The molecule has 0 fully saturated rings. The summed E-state index contributed by atoms with van der Waals surface area (Å²) in [6.45, 7) is 7.32. The van der Waals surface area contributed by atoms with Crippen LogP contribution >= 0.6 is 11.8 Å². The fraction of sp³-hybridized carbons (Fsp3) is 0.833. The smallest absolute Gasteiger partial charge is 0.138 e. The number of aromatic nitrogens is 3. The highest BCUT2D eigenvalue weighted by Crippen LogP contribution is 2.09. The second-order valence-corrected chi connectivity index (χ2v) is 5.83. The summed E-state index contributed by atoms with van der Waals surface area (Å²) >= 11 is 1.80. The van der Waals surface area contributed by atoms with Gasteiger partial charge < -0.3 is 5.11 Å². The summed E-state index contributed by atoms with van der Waals surface area (Å²) < 4.78 is 1.90. The molecule has 98 valence electrons. The quantitative estimate of drug-likeness (QED) is 0.724. The Bertz CT molecular complexity index is 314. The van der Waals surface area contributed by atoms with Gasteiger partial charge >= 0.3 is 0 Å². The molecule has 0 aliphatic heterocycles. The monoisotopic (exact) mass is 257 g/mol. The van der Waals surface area contributed by atoms with Crippen molar-refractivity contribution < 1.29 is 5.11 Å². The van der Waals surface area contributed by atoms with Crippen molar-refractivity contribution in [1.29, 1.82) is 0 Å². The van der Waals surface area contributed by atoms with E-state index in [-0.39, 0.29) is 6.10 Å². The van der Waals surface area contributed by atoms with E-state index in [1.165, 1.54) is 0 Å². The summed E-state index contributed by atoms with van der Waals surface area (Å²) in [5.74, 6) is 3.32. The lowest BCUT2D eigenvalue weighted by molar-refractivity contribution is 0.195. The van der Waals surface area contributed by atoms with Gasteiger partial charge in [-0.1, -0.05) is 20.8 Å². The van der Waals surface area contributed by atoms with Crippen LogP contribution in [0.5, 0.6) is 0 Å². The number of hydrogen-bond acceptors (Lipinski definition) is 4. The van der Waals surface area contributed by atoms with Crippen LogP contribution in [0.15, 0.2) is 6.33 Å². The molecule has 17 heavy (non-hydrogen) atoms. The number of thioether (sulfide) groups is 1. The molecule has 0 spiro atoms. The van der Waals surface area contributed by atoms with E-state index in [1.54, 1.807) is 18.1 Å². The predicted octanol–water partition coefficient (Wildman–Crippen LogP) is 1.98. The van der Waals surface area contributed by atoms with Crippen molar-refractivity contribution in [3.05, 3.63) is 12.2 Å². The van der Waals surface area contributed by atoms with Crippen molar-refractivity contribution in [1.82, 2.24) is 14.8 Å². The number of hydrogen-bond donors (Lipinski definition) is 1. The van der Waals surface area contributed by atoms with Gasteiger partial charge in [-0.25, -0.2) is 9.67 Å². The summed E-state index contributed by atoms with van der Waals surface area (Å²) in [5.41, 5.74) is 0. The number of nitrogens with zero attached hydrogens (tertiary/aromatic N) is 3. The third-order valence-electron chi connectivity index (χ3n) is 2.31. The average Bonchev–Trinajstić information content (AvgIpc) is 2.65. The maximum atomic E-state index is 9.90. The minimum Gasteiger partial charge on any atom is -0.392 e. The molecular weight excluding hydrogens is 234 g/mol. The van der Waals surface area contributed by atoms with Gasteiger partial charge in [-0.2, -0.15) is 16.9 Å². The number of rotatable bonds is 8. The van der Waals surface area contributed by atoms with E-state index in [2.05, 4.69) is 30.9 Å². The van der Waals surface area contributed by atoms with Gasteiger partial charge in [0.25, 0.3) is 0 Å². The fourth-order valence-electron chi connectivity index (χ4n) is 1.58. The molecule has 1 N–H and O–H groups in total. The number of aliphatic hydroxyl groups excluding tert-OH is 1. The van der Waals surface area contributed by atoms with Crippen LogP contribution < -0.4 is 0 Å². The molecule has 5 heteroatoms. The Morgan fingerprint density at radius 2 is 2.24 bits per heavy atom. The molecule has 1 rings (SSSR count). The number of aliphatic hydroxyl groups is 1. The molecular formula is C12H23N3OS. The van der Waals surface area contributed by atoms with Crippen LogP contribution in [-0.4, -0.2) is 37.5 Å². The first-order valence-electron chi connectivity index (χ1n) is 6.26. The maximum absolute atomic E-state index is 9.90. The van der Waals surface area contributed by atoms with Crippen LogP contribution in [0, 0.1) is 5.92 Å². The topological polar surface area (TPSA) is 50.9 Å². The molecule has 1 unspecified atom stereocenters. The molecule has 1 aromatic rings. The molecule has 0 bridgehead atoms. The Morgan fingerprint density at radius 1 is 1.47 bits per heavy atom. The van der Waals surface area contributed by atoms with Crippen LogP contribution in [-0.2, 0) is 13.0 Å². The van der Waals surface area contributed by atoms with E-state index in [4.69, 9.17) is 0 Å². The van der Waals surface area contributed by atoms with Gasteiger partial charge in [0.2, 0.25) is 0 Å². The highest BCUT2D eigenvalue weighted by molar-refractivity contribution is 7.99. The Kier molecular flexibility index (Phi) is 6.58. The van der Waals surface area contributed by atoms with Gasteiger partial charge in [-0.3, -0.25) is 0 Å². The summed E-state index contributed by atoms with van der Waals surface area (Å²) in [4.78, 5) is 4.22. The first-order chi connectivity index (χ1) is 8.13.